The van der Waals surface area contributed by atoms with Crippen LogP contribution in [0.3, 0.4) is 0 Å². The number of nitrogens with one attached hydrogen (secondary N) is 1. The predicted molar refractivity (Wildman–Crippen MR) is 60.2 cm³/mol. The van der Waals surface area contributed by atoms with Crippen molar-refractivity contribution in [1.82, 2.24) is 15.2 Å². The first-order valence-corrected chi connectivity index (χ1v) is 4.97. The Kier molecular flexibility index (Phi) is 3.33. The number of nitrogens with zero attached hydrogens (tertiary/aromatic N) is 2. The van der Waals surface area contributed by atoms with Crippen LogP contribution < -0.4 is 4.74 Å². The van der Waals surface area contributed by atoms with E-state index < -0.39 is 11.9 Å². The van der Waals surface area contributed by atoms with Gasteiger partial charge in [0.2, 0.25) is 0 Å². The number of carbonyl (C=O) groups is 2. The zero-order valence-electron chi connectivity index (χ0n) is 10.4. The number of carbonyl (C=O) groups excluding carboxylic acids is 2. The van der Waals surface area contributed by atoms with Crippen LogP contribution in [-0.4, -0.2) is 34.2 Å². The van der Waals surface area contributed by atoms with E-state index in [4.69, 9.17) is 4.74 Å². The molecular formula is C11H10N3O4+. The van der Waals surface area contributed by atoms with E-state index in [1.807, 2.05) is 0 Å². The molecule has 0 saturated heterocycles. The van der Waals surface area contributed by atoms with Crippen LogP contribution in [0.2, 0.25) is 0 Å². The molecular weight excluding hydrogens is 238 g/mol. The smallest absolute Gasteiger partial charge is 0.465 e. The van der Waals surface area contributed by atoms with Crippen molar-refractivity contribution in [2.45, 2.75) is 0 Å². The quantitative estimate of drug-likeness (QED) is 0.812. The fourth-order valence-electron chi connectivity index (χ4n) is 1.28. The normalized spacial score (nSPS) is 9.83. The molecule has 92 valence electrons. The molecule has 18 heavy (non-hydrogen) atoms. The summed E-state index contributed by atoms with van der Waals surface area (Å²) >= 11 is 0. The van der Waals surface area contributed by atoms with Gasteiger partial charge in [0.15, 0.2) is 0 Å². The Morgan fingerprint density at radius 3 is 2.61 bits per heavy atom. The van der Waals surface area contributed by atoms with Crippen molar-refractivity contribution in [3.63, 3.8) is 0 Å². The van der Waals surface area contributed by atoms with E-state index in [-0.39, 0.29) is 18.6 Å². The number of H-pyrrole nitrogens is 1. The zero-order valence-corrected chi connectivity index (χ0v) is 9.41. The van der Waals surface area contributed by atoms with Crippen LogP contribution in [0.25, 0.3) is 0 Å². The maximum atomic E-state index is 11.7. The third-order valence-corrected chi connectivity index (χ3v) is 2.10. The highest BCUT2D eigenvalue weighted by Gasteiger charge is 2.13. The van der Waals surface area contributed by atoms with Crippen molar-refractivity contribution in [3.05, 3.63) is 41.7 Å². The molecule has 1 aromatic heterocycles. The van der Waals surface area contributed by atoms with E-state index in [2.05, 4.69) is 19.9 Å². The summed E-state index contributed by atoms with van der Waals surface area (Å²) in [6.07, 6.45) is 1.29. The first kappa shape index (κ1) is 11.8. The number of ether oxygens (including phenoxy) is 2. The average molecular weight is 248 g/mol. The molecule has 0 spiro atoms. The van der Waals surface area contributed by atoms with Gasteiger partial charge in [0.1, 0.15) is 6.33 Å². The van der Waals surface area contributed by atoms with Gasteiger partial charge in [0, 0.05) is 0 Å². The minimum atomic E-state index is -0.652. The molecule has 0 aliphatic carbocycles. The molecule has 1 aromatic carbocycles. The molecule has 0 amide bonds. The fraction of sp³-hybridized carbons (Fsp3) is 0.0909. The van der Waals surface area contributed by atoms with Gasteiger partial charge >= 0.3 is 19.4 Å². The maximum Gasteiger partial charge on any atom is 1.00 e. The molecule has 1 N–H and O–H groups in total. The number of rotatable bonds is 3. The molecule has 7 heteroatoms. The highest BCUT2D eigenvalue weighted by molar-refractivity contribution is 5.95. The van der Waals surface area contributed by atoms with Crippen LogP contribution in [0.1, 0.15) is 22.1 Å². The minimum absolute atomic E-state index is 0. The molecule has 2 aromatic rings. The lowest BCUT2D eigenvalue weighted by molar-refractivity contribution is 0.0600. The highest BCUT2D eigenvalue weighted by atomic mass is 16.5. The molecule has 1 heterocycles. The molecule has 0 fully saturated rings. The van der Waals surface area contributed by atoms with E-state index in [9.17, 15) is 9.59 Å². The molecule has 0 atom stereocenters. The van der Waals surface area contributed by atoms with Crippen molar-refractivity contribution >= 4 is 11.9 Å². The van der Waals surface area contributed by atoms with E-state index in [0.29, 0.717) is 0 Å². The van der Waals surface area contributed by atoms with Crippen molar-refractivity contribution < 1.29 is 20.5 Å². The van der Waals surface area contributed by atoms with Gasteiger partial charge in [-0.15, -0.1) is 5.10 Å². The number of methoxy groups -OCH3 is 1. The Labute approximate surface area is 103 Å². The van der Waals surface area contributed by atoms with Gasteiger partial charge in [-0.2, -0.15) is 4.98 Å². The monoisotopic (exact) mass is 248 g/mol. The Morgan fingerprint density at radius 1 is 1.28 bits per heavy atom. The fourth-order valence-corrected chi connectivity index (χ4v) is 1.28. The third-order valence-electron chi connectivity index (χ3n) is 2.10. The van der Waals surface area contributed by atoms with Gasteiger partial charge < -0.3 is 9.47 Å². The summed E-state index contributed by atoms with van der Waals surface area (Å²) in [5, 5.41) is 6.00. The van der Waals surface area contributed by atoms with Crippen LogP contribution in [0, 0.1) is 0 Å². The largest absolute Gasteiger partial charge is 1.00 e. The van der Waals surface area contributed by atoms with Crippen molar-refractivity contribution in [3.8, 4) is 6.01 Å². The van der Waals surface area contributed by atoms with Gasteiger partial charge in [-0.1, -0.05) is 6.07 Å². The van der Waals surface area contributed by atoms with Crippen LogP contribution in [-0.2, 0) is 4.74 Å². The summed E-state index contributed by atoms with van der Waals surface area (Å²) in [4.78, 5) is 26.7. The van der Waals surface area contributed by atoms with Gasteiger partial charge in [0.05, 0.1) is 18.2 Å². The summed E-state index contributed by atoms with van der Waals surface area (Å²) in [5.74, 6) is -1.18. The van der Waals surface area contributed by atoms with E-state index in [0.717, 1.165) is 0 Å². The lowest BCUT2D eigenvalue weighted by atomic mass is 10.1. The van der Waals surface area contributed by atoms with E-state index in [1.54, 1.807) is 6.07 Å². The number of benzene rings is 1. The average Bonchev–Trinajstić information content (AvgIpc) is 2.90. The van der Waals surface area contributed by atoms with Crippen molar-refractivity contribution in [1.29, 1.82) is 0 Å². The number of aromatic amines is 1. The van der Waals surface area contributed by atoms with E-state index in [1.165, 1.54) is 31.6 Å². The van der Waals surface area contributed by atoms with Crippen molar-refractivity contribution in [2.75, 3.05) is 7.11 Å². The molecule has 0 radical (unpaired) electrons. The van der Waals surface area contributed by atoms with Crippen LogP contribution >= 0.6 is 0 Å². The minimum Gasteiger partial charge on any atom is -0.465 e. The van der Waals surface area contributed by atoms with Gasteiger partial charge in [-0.3, -0.25) is 5.10 Å². The SMILES string of the molecule is COC(=O)c1cccc(C(=O)Oc2nc[nH]n2)c1.[H+]. The summed E-state index contributed by atoms with van der Waals surface area (Å²) in [7, 11) is 1.26. The second-order valence-corrected chi connectivity index (χ2v) is 3.24. The Bertz CT molecular complexity index is 571. The number of hydrogen-bond acceptors (Lipinski definition) is 6. The number of aromatic nitrogens is 3. The number of esters is 2. The summed E-state index contributed by atoms with van der Waals surface area (Å²) < 4.78 is 9.42. The zero-order chi connectivity index (χ0) is 13.0. The Morgan fingerprint density at radius 2 is 2.00 bits per heavy atom. The van der Waals surface area contributed by atoms with Crippen molar-refractivity contribution in [2.24, 2.45) is 0 Å². The lowest BCUT2D eigenvalue weighted by Gasteiger charge is -2.02. The standard InChI is InChI=1S/C11H9N3O4/c1-17-9(15)7-3-2-4-8(5-7)10(16)18-11-12-6-13-14-11/h2-6H,1H3,(H,12,13,14)/p+1. The van der Waals surface area contributed by atoms with Crippen LogP contribution in [0.5, 0.6) is 6.01 Å². The molecule has 7 nitrogen and oxygen atoms in total. The Hall–Kier alpha value is -2.70. The van der Waals surface area contributed by atoms with Gasteiger partial charge in [-0.25, -0.2) is 9.59 Å². The summed E-state index contributed by atoms with van der Waals surface area (Å²) in [5.41, 5.74) is 0.477. The molecule has 0 bridgehead atoms. The number of hydrogen-bond donors (Lipinski definition) is 1. The van der Waals surface area contributed by atoms with Crippen LogP contribution in [0.15, 0.2) is 30.6 Å². The van der Waals surface area contributed by atoms with Gasteiger partial charge in [-0.05, 0) is 18.2 Å². The summed E-state index contributed by atoms with van der Waals surface area (Å²) in [6, 6.07) is 5.90. The van der Waals surface area contributed by atoms with E-state index >= 15 is 0 Å². The third kappa shape index (κ3) is 2.51. The second-order valence-electron chi connectivity index (χ2n) is 3.24. The lowest BCUT2D eigenvalue weighted by Crippen LogP contribution is -2.11. The second kappa shape index (κ2) is 5.09. The highest BCUT2D eigenvalue weighted by Crippen LogP contribution is 2.09. The molecule has 2 rings (SSSR count). The first-order chi connectivity index (χ1) is 8.70. The molecule has 0 aliphatic heterocycles. The molecule has 0 saturated carbocycles. The maximum absolute atomic E-state index is 11.7. The predicted octanol–water partition coefficient (Wildman–Crippen LogP) is 0.923. The first-order valence-electron chi connectivity index (χ1n) is 4.97. The van der Waals surface area contributed by atoms with Crippen LogP contribution in [0.4, 0.5) is 0 Å². The topological polar surface area (TPSA) is 94.2 Å². The summed E-state index contributed by atoms with van der Waals surface area (Å²) in [6.45, 7) is 0. The molecule has 0 aliphatic rings. The van der Waals surface area contributed by atoms with Gasteiger partial charge in [0.25, 0.3) is 0 Å². The Balaban J connectivity index is 0.00000180. The molecule has 0 unspecified atom stereocenters.